The highest BCUT2D eigenvalue weighted by atomic mass is 16.2. The molecule has 0 fully saturated rings. The van der Waals surface area contributed by atoms with Crippen molar-refractivity contribution in [2.75, 3.05) is 39.5 Å². The summed E-state index contributed by atoms with van der Waals surface area (Å²) >= 11 is 0. The van der Waals surface area contributed by atoms with Gasteiger partial charge in [0, 0.05) is 19.6 Å². The Balaban J connectivity index is 1.72. The van der Waals surface area contributed by atoms with Crippen molar-refractivity contribution in [2.24, 2.45) is 0 Å². The average Bonchev–Trinajstić information content (AvgIpc) is 3.15. The second-order valence-electron chi connectivity index (χ2n) is 7.48. The predicted molar refractivity (Wildman–Crippen MR) is 114 cm³/mol. The first-order valence-corrected chi connectivity index (χ1v) is 9.88. The molecule has 29 heavy (non-hydrogen) atoms. The minimum Gasteiger partial charge on any atom is -0.382 e. The number of carbonyl (C=O) groups excluding carboxylic acids is 1. The van der Waals surface area contributed by atoms with E-state index in [9.17, 15) is 4.79 Å². The number of likely N-dealkylation sites (N-methyl/N-ethyl adjacent to an activating group) is 1. The van der Waals surface area contributed by atoms with Crippen LogP contribution >= 0.6 is 0 Å². The molecule has 8 nitrogen and oxygen atoms in total. The maximum Gasteiger partial charge on any atom is 0.245 e. The molecule has 1 aromatic carbocycles. The van der Waals surface area contributed by atoms with Crippen molar-refractivity contribution in [2.45, 2.75) is 25.8 Å². The van der Waals surface area contributed by atoms with Crippen LogP contribution in [0.4, 0.5) is 5.82 Å². The molecule has 1 atom stereocenters. The van der Waals surface area contributed by atoms with Crippen LogP contribution in [0.2, 0.25) is 0 Å². The minimum atomic E-state index is -0.423. The van der Waals surface area contributed by atoms with Gasteiger partial charge < -0.3 is 20.1 Å². The van der Waals surface area contributed by atoms with Crippen LogP contribution in [0.25, 0.3) is 11.2 Å². The first-order valence-electron chi connectivity index (χ1n) is 9.88. The van der Waals surface area contributed by atoms with Crippen molar-refractivity contribution in [1.82, 2.24) is 29.3 Å². The van der Waals surface area contributed by atoms with Gasteiger partial charge in [-0.2, -0.15) is 0 Å². The summed E-state index contributed by atoms with van der Waals surface area (Å²) in [7, 11) is 4.03. The van der Waals surface area contributed by atoms with E-state index in [0.717, 1.165) is 19.4 Å². The number of nitrogen functional groups attached to an aromatic ring is 1. The third kappa shape index (κ3) is 5.08. The molecule has 0 saturated heterocycles. The molecule has 154 valence electrons. The van der Waals surface area contributed by atoms with E-state index in [2.05, 4.69) is 32.0 Å². The summed E-state index contributed by atoms with van der Waals surface area (Å²) in [5.74, 6) is 0.372. The molecule has 8 heteroatoms. The number of aromatic nitrogens is 4. The topological polar surface area (TPSA) is 93.2 Å². The molecule has 0 saturated carbocycles. The summed E-state index contributed by atoms with van der Waals surface area (Å²) in [6, 6.07) is 9.93. The van der Waals surface area contributed by atoms with Crippen LogP contribution < -0.4 is 5.73 Å². The minimum absolute atomic E-state index is 0.0522. The molecule has 0 aliphatic heterocycles. The summed E-state index contributed by atoms with van der Waals surface area (Å²) in [4.78, 5) is 29.9. The Morgan fingerprint density at radius 2 is 1.86 bits per heavy atom. The van der Waals surface area contributed by atoms with E-state index >= 15 is 0 Å². The standard InChI is InChI=1S/C21H29N7O/c1-16(28-15-25-18-19(22)23-14-24-20(18)28)21(29)27(13-12-26(2)3)11-7-10-17-8-5-4-6-9-17/h4-6,8-9,14-16H,7,10-13H2,1-3H3,(H2,22,23,24). The first kappa shape index (κ1) is 20.7. The summed E-state index contributed by atoms with van der Waals surface area (Å²) in [5, 5.41) is 0. The van der Waals surface area contributed by atoms with Crippen LogP contribution in [0, 0.1) is 0 Å². The number of nitrogens with two attached hydrogens (primary N) is 1. The molecule has 2 heterocycles. The van der Waals surface area contributed by atoms with Crippen LogP contribution in [-0.4, -0.2) is 69.0 Å². The lowest BCUT2D eigenvalue weighted by atomic mass is 10.1. The fourth-order valence-corrected chi connectivity index (χ4v) is 3.31. The number of benzene rings is 1. The highest BCUT2D eigenvalue weighted by molar-refractivity contribution is 5.85. The van der Waals surface area contributed by atoms with Gasteiger partial charge in [-0.3, -0.25) is 4.79 Å². The molecule has 0 aliphatic carbocycles. The Morgan fingerprint density at radius 3 is 2.59 bits per heavy atom. The Kier molecular flexibility index (Phi) is 6.77. The van der Waals surface area contributed by atoms with Gasteiger partial charge in [-0.05, 0) is 39.4 Å². The molecule has 0 radical (unpaired) electrons. The summed E-state index contributed by atoms with van der Waals surface area (Å²) in [5.41, 5.74) is 8.27. The Hall–Kier alpha value is -3.00. The van der Waals surface area contributed by atoms with Crippen molar-refractivity contribution in [3.05, 3.63) is 48.5 Å². The van der Waals surface area contributed by atoms with Gasteiger partial charge in [0.25, 0.3) is 0 Å². The lowest BCUT2D eigenvalue weighted by Gasteiger charge is -2.27. The second kappa shape index (κ2) is 9.47. The molecule has 0 spiro atoms. The fraction of sp³-hybridized carbons (Fsp3) is 0.429. The molecule has 2 N–H and O–H groups in total. The zero-order valence-corrected chi connectivity index (χ0v) is 17.3. The van der Waals surface area contributed by atoms with E-state index < -0.39 is 6.04 Å². The number of amides is 1. The predicted octanol–water partition coefficient (Wildman–Crippen LogP) is 1.99. The normalized spacial score (nSPS) is 12.4. The van der Waals surface area contributed by atoms with Crippen LogP contribution in [0.3, 0.4) is 0 Å². The Morgan fingerprint density at radius 1 is 1.10 bits per heavy atom. The average molecular weight is 396 g/mol. The summed E-state index contributed by atoms with van der Waals surface area (Å²) in [6.45, 7) is 4.07. The highest BCUT2D eigenvalue weighted by Crippen LogP contribution is 2.20. The zero-order valence-electron chi connectivity index (χ0n) is 17.3. The number of aryl methyl sites for hydroxylation is 1. The molecule has 0 bridgehead atoms. The van der Waals surface area contributed by atoms with Crippen LogP contribution in [0.5, 0.6) is 0 Å². The third-order valence-electron chi connectivity index (χ3n) is 5.03. The van der Waals surface area contributed by atoms with Crippen molar-refractivity contribution in [3.63, 3.8) is 0 Å². The number of nitrogens with zero attached hydrogens (tertiary/aromatic N) is 6. The van der Waals surface area contributed by atoms with E-state index in [-0.39, 0.29) is 5.91 Å². The van der Waals surface area contributed by atoms with Gasteiger partial charge in [-0.25, -0.2) is 15.0 Å². The first-order chi connectivity index (χ1) is 14.0. The lowest BCUT2D eigenvalue weighted by molar-refractivity contribution is -0.134. The largest absolute Gasteiger partial charge is 0.382 e. The van der Waals surface area contributed by atoms with Gasteiger partial charge in [0.15, 0.2) is 11.5 Å². The summed E-state index contributed by atoms with van der Waals surface area (Å²) in [6.07, 6.45) is 4.87. The molecule has 1 amide bonds. The number of hydrogen-bond donors (Lipinski definition) is 1. The van der Waals surface area contributed by atoms with Gasteiger partial charge in [0.1, 0.15) is 17.9 Å². The number of rotatable bonds is 9. The molecule has 1 unspecified atom stereocenters. The molecule has 2 aromatic heterocycles. The Labute approximate surface area is 171 Å². The summed E-state index contributed by atoms with van der Waals surface area (Å²) < 4.78 is 1.77. The number of fused-ring (bicyclic) bond motifs is 1. The van der Waals surface area contributed by atoms with E-state index in [1.54, 1.807) is 10.9 Å². The van der Waals surface area contributed by atoms with Crippen molar-refractivity contribution >= 4 is 22.9 Å². The quantitative estimate of drug-likeness (QED) is 0.596. The fourth-order valence-electron chi connectivity index (χ4n) is 3.31. The molecule has 3 aromatic rings. The van der Waals surface area contributed by atoms with E-state index in [0.29, 0.717) is 30.1 Å². The van der Waals surface area contributed by atoms with Crippen LogP contribution in [0.15, 0.2) is 43.0 Å². The van der Waals surface area contributed by atoms with E-state index in [1.807, 2.05) is 44.1 Å². The SMILES string of the molecule is CC(C(=O)N(CCCc1ccccc1)CCN(C)C)n1cnc2c(N)ncnc21. The molecule has 0 aliphatic rings. The highest BCUT2D eigenvalue weighted by Gasteiger charge is 2.24. The number of hydrogen-bond acceptors (Lipinski definition) is 6. The van der Waals surface area contributed by atoms with Gasteiger partial charge in [0.05, 0.1) is 6.33 Å². The molecule has 3 rings (SSSR count). The lowest BCUT2D eigenvalue weighted by Crippen LogP contribution is -2.41. The number of carbonyl (C=O) groups is 1. The Bertz CT molecular complexity index is 939. The van der Waals surface area contributed by atoms with Crippen LogP contribution in [-0.2, 0) is 11.2 Å². The smallest absolute Gasteiger partial charge is 0.245 e. The number of anilines is 1. The third-order valence-corrected chi connectivity index (χ3v) is 5.03. The molecular formula is C21H29N7O. The van der Waals surface area contributed by atoms with E-state index in [4.69, 9.17) is 5.73 Å². The maximum absolute atomic E-state index is 13.3. The van der Waals surface area contributed by atoms with Gasteiger partial charge in [0.2, 0.25) is 5.91 Å². The number of imidazole rings is 1. The van der Waals surface area contributed by atoms with Crippen molar-refractivity contribution in [1.29, 1.82) is 0 Å². The van der Waals surface area contributed by atoms with Crippen molar-refractivity contribution in [3.8, 4) is 0 Å². The maximum atomic E-state index is 13.3. The van der Waals surface area contributed by atoms with Gasteiger partial charge >= 0.3 is 0 Å². The van der Waals surface area contributed by atoms with Gasteiger partial charge in [-0.1, -0.05) is 30.3 Å². The van der Waals surface area contributed by atoms with Crippen molar-refractivity contribution < 1.29 is 4.79 Å². The molecular weight excluding hydrogens is 366 g/mol. The van der Waals surface area contributed by atoms with Gasteiger partial charge in [-0.15, -0.1) is 0 Å². The van der Waals surface area contributed by atoms with E-state index in [1.165, 1.54) is 11.9 Å². The monoisotopic (exact) mass is 395 g/mol. The zero-order chi connectivity index (χ0) is 20.8. The second-order valence-corrected chi connectivity index (χ2v) is 7.48. The van der Waals surface area contributed by atoms with Crippen LogP contribution in [0.1, 0.15) is 24.9 Å².